The maximum Gasteiger partial charge on any atom is 0.316 e. The predicted octanol–water partition coefficient (Wildman–Crippen LogP) is 2.73. The van der Waals surface area contributed by atoms with Gasteiger partial charge in [-0.05, 0) is 47.3 Å². The highest BCUT2D eigenvalue weighted by Gasteiger charge is 2.70. The van der Waals surface area contributed by atoms with Crippen LogP contribution >= 0.6 is 0 Å². The van der Waals surface area contributed by atoms with Crippen LogP contribution in [0.4, 0.5) is 4.79 Å². The van der Waals surface area contributed by atoms with Crippen LogP contribution in [0.3, 0.4) is 0 Å². The van der Waals surface area contributed by atoms with Gasteiger partial charge < -0.3 is 26.2 Å². The van der Waals surface area contributed by atoms with Gasteiger partial charge in [0, 0.05) is 19.0 Å². The quantitative estimate of drug-likeness (QED) is 0.185. The van der Waals surface area contributed by atoms with Gasteiger partial charge in [0.15, 0.2) is 5.78 Å². The molecule has 1 saturated heterocycles. The molecule has 2 saturated carbocycles. The first kappa shape index (κ1) is 35.2. The zero-order valence-corrected chi connectivity index (χ0v) is 28.0. The molecular formula is C33H53N5O6. The third-order valence-electron chi connectivity index (χ3n) is 9.40. The summed E-state index contributed by atoms with van der Waals surface area (Å²) in [5, 5.41) is 10.9. The van der Waals surface area contributed by atoms with E-state index in [0.717, 1.165) is 12.8 Å². The average molecular weight is 616 g/mol. The smallest absolute Gasteiger partial charge is 0.316 e. The van der Waals surface area contributed by atoms with E-state index in [1.807, 2.05) is 48.5 Å². The summed E-state index contributed by atoms with van der Waals surface area (Å²) in [7, 11) is 0. The Morgan fingerprint density at radius 3 is 2.00 bits per heavy atom. The van der Waals surface area contributed by atoms with Gasteiger partial charge in [-0.3, -0.25) is 24.0 Å². The number of nitrogens with one attached hydrogen (secondary N) is 4. The molecule has 11 heteroatoms. The fourth-order valence-electron chi connectivity index (χ4n) is 6.47. The lowest BCUT2D eigenvalue weighted by atomic mass is 9.82. The number of nitrogens with zero attached hydrogens (tertiary/aromatic N) is 1. The second kappa shape index (κ2) is 13.0. The highest BCUT2D eigenvalue weighted by atomic mass is 16.2. The molecule has 2 aliphatic carbocycles. The topological polar surface area (TPSA) is 154 Å². The summed E-state index contributed by atoms with van der Waals surface area (Å²) in [6, 6.07) is -4.21. The number of hydrogen-bond acceptors (Lipinski definition) is 6. The Balaban J connectivity index is 1.82. The molecule has 3 aliphatic rings. The molecule has 0 aromatic rings. The van der Waals surface area contributed by atoms with Crippen molar-refractivity contribution in [1.82, 2.24) is 26.2 Å². The largest absolute Gasteiger partial charge is 0.346 e. The van der Waals surface area contributed by atoms with E-state index in [0.29, 0.717) is 13.0 Å². The van der Waals surface area contributed by atoms with Crippen LogP contribution in [0.5, 0.6) is 0 Å². The lowest BCUT2D eigenvalue weighted by Gasteiger charge is -2.38. The molecule has 0 bridgehead atoms. The maximum absolute atomic E-state index is 14.2. The Kier molecular flexibility index (Phi) is 10.4. The van der Waals surface area contributed by atoms with Gasteiger partial charge in [-0.1, -0.05) is 74.8 Å². The minimum absolute atomic E-state index is 0.000707. The molecule has 0 spiro atoms. The van der Waals surface area contributed by atoms with Gasteiger partial charge in [0.1, 0.15) is 12.1 Å². The molecule has 5 amide bonds. The highest BCUT2D eigenvalue weighted by Crippen LogP contribution is 2.65. The number of carbonyl (C=O) groups is 6. The van der Waals surface area contributed by atoms with Crippen molar-refractivity contribution in [3.05, 3.63) is 12.7 Å². The monoisotopic (exact) mass is 615 g/mol. The SMILES string of the molecule is C=CCNC(=O)C(=O)C(CCC)NC(=O)[C@@H]1[C@@H]2[C@H](CN1C(=O)[C@@H](NC(=O)N[C@H](C(=O)C1CC1)C(C)(C)C)C(C)(C)C)C2(C)C. The van der Waals surface area contributed by atoms with Crippen LogP contribution in [0.25, 0.3) is 0 Å². The van der Waals surface area contributed by atoms with E-state index in [1.165, 1.54) is 11.0 Å². The van der Waals surface area contributed by atoms with Crippen molar-refractivity contribution in [1.29, 1.82) is 0 Å². The van der Waals surface area contributed by atoms with Gasteiger partial charge in [0.05, 0.1) is 12.1 Å². The van der Waals surface area contributed by atoms with Crippen LogP contribution in [0.1, 0.15) is 88.0 Å². The Morgan fingerprint density at radius 2 is 1.50 bits per heavy atom. The van der Waals surface area contributed by atoms with Gasteiger partial charge in [0.2, 0.25) is 17.6 Å². The number of amides is 5. The van der Waals surface area contributed by atoms with E-state index in [9.17, 15) is 28.8 Å². The summed E-state index contributed by atoms with van der Waals surface area (Å²) in [6.07, 6.45) is 3.92. The van der Waals surface area contributed by atoms with Gasteiger partial charge in [-0.25, -0.2) is 4.79 Å². The lowest BCUT2D eigenvalue weighted by molar-refractivity contribution is -0.145. The van der Waals surface area contributed by atoms with Gasteiger partial charge in [-0.2, -0.15) is 0 Å². The summed E-state index contributed by atoms with van der Waals surface area (Å²) in [5.41, 5.74) is -1.42. The van der Waals surface area contributed by atoms with Crippen molar-refractivity contribution in [3.8, 4) is 0 Å². The third-order valence-corrected chi connectivity index (χ3v) is 9.40. The number of hydrogen-bond donors (Lipinski definition) is 4. The van der Waals surface area contributed by atoms with E-state index in [1.54, 1.807) is 0 Å². The number of piperidine rings is 1. The fraction of sp³-hybridized carbons (Fsp3) is 0.758. The molecular weight excluding hydrogens is 562 g/mol. The minimum Gasteiger partial charge on any atom is -0.346 e. The molecule has 6 atom stereocenters. The van der Waals surface area contributed by atoms with E-state index in [-0.39, 0.29) is 41.9 Å². The summed E-state index contributed by atoms with van der Waals surface area (Å²) >= 11 is 0. The van der Waals surface area contributed by atoms with Crippen molar-refractivity contribution in [2.75, 3.05) is 13.1 Å². The number of urea groups is 1. The van der Waals surface area contributed by atoms with Crippen LogP contribution in [-0.2, 0) is 24.0 Å². The Morgan fingerprint density at radius 1 is 0.932 bits per heavy atom. The summed E-state index contributed by atoms with van der Waals surface area (Å²) in [5.74, 6) is -2.54. The molecule has 1 unspecified atom stereocenters. The number of likely N-dealkylation sites (tertiary alicyclic amines) is 1. The number of Topliss-reactive ketones (excluding diaryl/α,β-unsaturated/α-hetero) is 2. The van der Waals surface area contributed by atoms with E-state index in [4.69, 9.17) is 0 Å². The number of ketones is 2. The molecule has 246 valence electrons. The molecule has 0 radical (unpaired) electrons. The highest BCUT2D eigenvalue weighted by molar-refractivity contribution is 6.38. The standard InChI is InChI=1S/C33H53N5O6/c1-11-13-20(24(40)28(42)34-16-12-2)35-27(41)22-21-19(33(21,9)10)17-38(22)29(43)26(32(6,7)8)37-30(44)36-25(31(3,4)5)23(39)18-14-15-18/h12,18-22,25-26H,2,11,13-17H2,1,3-10H3,(H,34,42)(H,35,41)(H2,36,37,44)/t19-,20?,21-,22-,25+,26+/m0/s1. The molecule has 3 rings (SSSR count). The molecule has 1 heterocycles. The van der Waals surface area contributed by atoms with Crippen LogP contribution in [-0.4, -0.2) is 77.5 Å². The van der Waals surface area contributed by atoms with Gasteiger partial charge in [-0.15, -0.1) is 6.58 Å². The number of rotatable bonds is 13. The van der Waals surface area contributed by atoms with E-state index >= 15 is 0 Å². The van der Waals surface area contributed by atoms with Crippen molar-refractivity contribution in [3.63, 3.8) is 0 Å². The fourth-order valence-corrected chi connectivity index (χ4v) is 6.47. The van der Waals surface area contributed by atoms with E-state index < -0.39 is 64.5 Å². The second-order valence-electron chi connectivity index (χ2n) is 15.5. The van der Waals surface area contributed by atoms with Gasteiger partial charge >= 0.3 is 6.03 Å². The Bertz CT molecular complexity index is 1180. The molecule has 1 aliphatic heterocycles. The normalized spacial score (nSPS) is 24.2. The molecule has 0 aromatic heterocycles. The first-order chi connectivity index (χ1) is 20.3. The zero-order valence-electron chi connectivity index (χ0n) is 28.0. The zero-order chi connectivity index (χ0) is 33.4. The van der Waals surface area contributed by atoms with Crippen LogP contribution in [0.2, 0.25) is 0 Å². The minimum atomic E-state index is -1.03. The van der Waals surface area contributed by atoms with Crippen LogP contribution in [0.15, 0.2) is 12.7 Å². The summed E-state index contributed by atoms with van der Waals surface area (Å²) < 4.78 is 0. The second-order valence-corrected chi connectivity index (χ2v) is 15.5. The average Bonchev–Trinajstić information content (AvgIpc) is 3.80. The first-order valence-corrected chi connectivity index (χ1v) is 15.9. The van der Waals surface area contributed by atoms with Crippen molar-refractivity contribution in [2.24, 2.45) is 34.0 Å². The number of fused-ring (bicyclic) bond motifs is 1. The summed E-state index contributed by atoms with van der Waals surface area (Å²) in [4.78, 5) is 81.3. The van der Waals surface area contributed by atoms with E-state index in [2.05, 4.69) is 41.7 Å². The Labute approximate surface area is 262 Å². The predicted molar refractivity (Wildman–Crippen MR) is 167 cm³/mol. The van der Waals surface area contributed by atoms with Crippen molar-refractivity contribution in [2.45, 2.75) is 112 Å². The molecule has 44 heavy (non-hydrogen) atoms. The van der Waals surface area contributed by atoms with Crippen molar-refractivity contribution >= 4 is 35.3 Å². The lowest BCUT2D eigenvalue weighted by Crippen LogP contribution is -2.62. The maximum atomic E-state index is 14.2. The van der Waals surface area contributed by atoms with Gasteiger partial charge in [0.25, 0.3) is 5.91 Å². The molecule has 4 N–H and O–H groups in total. The molecule has 0 aromatic carbocycles. The first-order valence-electron chi connectivity index (χ1n) is 15.9. The van der Waals surface area contributed by atoms with Crippen molar-refractivity contribution < 1.29 is 28.8 Å². The third kappa shape index (κ3) is 7.69. The van der Waals surface area contributed by atoms with Crippen LogP contribution < -0.4 is 21.3 Å². The Hall–Kier alpha value is -3.24. The number of carbonyl (C=O) groups excluding carboxylic acids is 6. The molecule has 3 fully saturated rings. The molecule has 11 nitrogen and oxygen atoms in total. The summed E-state index contributed by atoms with van der Waals surface area (Å²) in [6.45, 7) is 21.1. The van der Waals surface area contributed by atoms with Crippen LogP contribution in [0, 0.1) is 34.0 Å².